The smallest absolute Gasteiger partial charge is 0.148 e. The highest BCUT2D eigenvalue weighted by molar-refractivity contribution is 5.44. The summed E-state index contributed by atoms with van der Waals surface area (Å²) in [5.41, 5.74) is 8.83. The Morgan fingerprint density at radius 2 is 1.88 bits per heavy atom. The lowest BCUT2D eigenvalue weighted by atomic mass is 9.96. The molecule has 0 amide bonds. The molecule has 4 nitrogen and oxygen atoms in total. The molecule has 17 heavy (non-hydrogen) atoms. The third-order valence-corrected chi connectivity index (χ3v) is 4.27. The van der Waals surface area contributed by atoms with Crippen LogP contribution < -0.4 is 5.73 Å². The average Bonchev–Trinajstić information content (AvgIpc) is 2.69. The Morgan fingerprint density at radius 1 is 1.18 bits per heavy atom. The fourth-order valence-corrected chi connectivity index (χ4v) is 3.20. The van der Waals surface area contributed by atoms with Gasteiger partial charge in [-0.1, -0.05) is 0 Å². The second-order valence-electron chi connectivity index (χ2n) is 5.50. The summed E-state index contributed by atoms with van der Waals surface area (Å²) in [4.78, 5) is 2.40. The molecule has 0 unspecified atom stereocenters. The zero-order valence-electron chi connectivity index (χ0n) is 10.7. The molecule has 1 aromatic heterocycles. The van der Waals surface area contributed by atoms with Crippen LogP contribution in [-0.4, -0.2) is 34.8 Å². The quantitative estimate of drug-likeness (QED) is 0.803. The van der Waals surface area contributed by atoms with Crippen LogP contribution >= 0.6 is 0 Å². The molecule has 0 atom stereocenters. The van der Waals surface area contributed by atoms with Gasteiger partial charge in [-0.05, 0) is 58.7 Å². The van der Waals surface area contributed by atoms with E-state index in [1.165, 1.54) is 56.5 Å². The van der Waals surface area contributed by atoms with Crippen molar-refractivity contribution in [2.75, 3.05) is 25.9 Å². The minimum atomic E-state index is 0.579. The van der Waals surface area contributed by atoms with Crippen LogP contribution in [0.5, 0.6) is 0 Å². The number of nitrogen functional groups attached to an aromatic ring is 1. The van der Waals surface area contributed by atoms with Gasteiger partial charge < -0.3 is 10.6 Å². The number of nitrogens with zero attached hydrogens (tertiary/aromatic N) is 3. The first-order valence-corrected chi connectivity index (χ1v) is 6.80. The third-order valence-electron chi connectivity index (χ3n) is 4.27. The summed E-state index contributed by atoms with van der Waals surface area (Å²) >= 11 is 0. The highest BCUT2D eigenvalue weighted by atomic mass is 15.3. The van der Waals surface area contributed by atoms with Gasteiger partial charge >= 0.3 is 0 Å². The molecule has 4 heteroatoms. The van der Waals surface area contributed by atoms with Crippen molar-refractivity contribution in [3.63, 3.8) is 0 Å². The Hall–Kier alpha value is -1.03. The fraction of sp³-hybridized carbons (Fsp3) is 0.769. The number of nitrogens with two attached hydrogens (primary N) is 1. The first-order chi connectivity index (χ1) is 8.25. The van der Waals surface area contributed by atoms with Gasteiger partial charge in [0.05, 0.1) is 6.04 Å². The van der Waals surface area contributed by atoms with Crippen molar-refractivity contribution < 1.29 is 0 Å². The van der Waals surface area contributed by atoms with Crippen molar-refractivity contribution >= 4 is 5.82 Å². The van der Waals surface area contributed by atoms with E-state index in [1.807, 2.05) is 0 Å². The van der Waals surface area contributed by atoms with Gasteiger partial charge in [-0.2, -0.15) is 5.10 Å². The lowest BCUT2D eigenvalue weighted by Crippen LogP contribution is -2.32. The number of aromatic nitrogens is 2. The summed E-state index contributed by atoms with van der Waals surface area (Å²) < 4.78 is 2.26. The standard InChI is InChI=1S/C13H22N4/c1-16-8-6-10(7-9-16)17-12-5-3-2-4-11(12)13(14)15-17/h10H,2-9H2,1H3,(H2,14,15). The monoisotopic (exact) mass is 234 g/mol. The topological polar surface area (TPSA) is 47.1 Å². The molecule has 2 heterocycles. The number of hydrogen-bond donors (Lipinski definition) is 1. The van der Waals surface area contributed by atoms with Gasteiger partial charge in [-0.3, -0.25) is 4.68 Å². The number of likely N-dealkylation sites (tertiary alicyclic amines) is 1. The number of hydrogen-bond acceptors (Lipinski definition) is 3. The highest BCUT2D eigenvalue weighted by Gasteiger charge is 2.25. The van der Waals surface area contributed by atoms with Crippen LogP contribution in [-0.2, 0) is 12.8 Å². The predicted molar refractivity (Wildman–Crippen MR) is 69.0 cm³/mol. The molecule has 1 aliphatic heterocycles. The van der Waals surface area contributed by atoms with E-state index in [9.17, 15) is 0 Å². The molecular formula is C13H22N4. The normalized spacial score (nSPS) is 22.6. The maximum absolute atomic E-state index is 6.05. The Kier molecular flexibility index (Phi) is 2.82. The van der Waals surface area contributed by atoms with Crippen LogP contribution in [0.1, 0.15) is 43.0 Å². The van der Waals surface area contributed by atoms with Crippen LogP contribution in [0.15, 0.2) is 0 Å². The van der Waals surface area contributed by atoms with Crippen molar-refractivity contribution in [1.29, 1.82) is 0 Å². The summed E-state index contributed by atoms with van der Waals surface area (Å²) in [6.07, 6.45) is 7.30. The van der Waals surface area contributed by atoms with Crippen LogP contribution in [0.25, 0.3) is 0 Å². The number of fused-ring (bicyclic) bond motifs is 1. The Bertz CT molecular complexity index is 402. The first kappa shape index (κ1) is 11.1. The molecule has 94 valence electrons. The Morgan fingerprint density at radius 3 is 2.65 bits per heavy atom. The molecule has 3 rings (SSSR count). The van der Waals surface area contributed by atoms with Crippen molar-refractivity contribution in [2.45, 2.75) is 44.6 Å². The summed E-state index contributed by atoms with van der Waals surface area (Å²) in [7, 11) is 2.20. The van der Waals surface area contributed by atoms with Crippen molar-refractivity contribution in [3.8, 4) is 0 Å². The summed E-state index contributed by atoms with van der Waals surface area (Å²) in [6, 6.07) is 0.579. The van der Waals surface area contributed by atoms with Crippen molar-refractivity contribution in [1.82, 2.24) is 14.7 Å². The summed E-state index contributed by atoms with van der Waals surface area (Å²) in [5.74, 6) is 0.790. The highest BCUT2D eigenvalue weighted by Crippen LogP contribution is 2.31. The zero-order chi connectivity index (χ0) is 11.8. The molecule has 0 spiro atoms. The molecule has 1 fully saturated rings. The minimum Gasteiger partial charge on any atom is -0.382 e. The third kappa shape index (κ3) is 1.95. The number of anilines is 1. The molecule has 0 saturated carbocycles. The SMILES string of the molecule is CN1CCC(n2nc(N)c3c2CCCC3)CC1. The van der Waals surface area contributed by atoms with Crippen molar-refractivity contribution in [2.24, 2.45) is 0 Å². The second kappa shape index (κ2) is 4.33. The van der Waals surface area contributed by atoms with Gasteiger partial charge in [0.25, 0.3) is 0 Å². The van der Waals surface area contributed by atoms with Crippen LogP contribution in [0.3, 0.4) is 0 Å². The van der Waals surface area contributed by atoms with Crippen LogP contribution in [0.2, 0.25) is 0 Å². The van der Waals surface area contributed by atoms with Crippen molar-refractivity contribution in [3.05, 3.63) is 11.3 Å². The lowest BCUT2D eigenvalue weighted by molar-refractivity contribution is 0.209. The van der Waals surface area contributed by atoms with E-state index in [-0.39, 0.29) is 0 Å². The lowest BCUT2D eigenvalue weighted by Gasteiger charge is -2.30. The molecule has 1 aliphatic carbocycles. The van der Waals surface area contributed by atoms with Gasteiger partial charge in [-0.25, -0.2) is 0 Å². The van der Waals surface area contributed by atoms with Crippen LogP contribution in [0.4, 0.5) is 5.82 Å². The maximum atomic E-state index is 6.05. The first-order valence-electron chi connectivity index (χ1n) is 6.80. The molecule has 1 aromatic rings. The summed E-state index contributed by atoms with van der Waals surface area (Å²) in [6.45, 7) is 2.36. The molecule has 2 aliphatic rings. The van der Waals surface area contributed by atoms with E-state index in [0.717, 1.165) is 12.2 Å². The van der Waals surface area contributed by atoms with Gasteiger partial charge in [-0.15, -0.1) is 0 Å². The molecule has 2 N–H and O–H groups in total. The van der Waals surface area contributed by atoms with E-state index < -0.39 is 0 Å². The second-order valence-corrected chi connectivity index (χ2v) is 5.50. The van der Waals surface area contributed by atoms with E-state index in [1.54, 1.807) is 0 Å². The van der Waals surface area contributed by atoms with Gasteiger partial charge in [0.15, 0.2) is 0 Å². The molecular weight excluding hydrogens is 212 g/mol. The van der Waals surface area contributed by atoms with Gasteiger partial charge in [0.1, 0.15) is 5.82 Å². The molecule has 0 bridgehead atoms. The maximum Gasteiger partial charge on any atom is 0.148 e. The van der Waals surface area contributed by atoms with E-state index >= 15 is 0 Å². The molecule has 0 radical (unpaired) electrons. The van der Waals surface area contributed by atoms with E-state index in [0.29, 0.717) is 6.04 Å². The minimum absolute atomic E-state index is 0.579. The zero-order valence-corrected chi connectivity index (χ0v) is 10.7. The number of rotatable bonds is 1. The largest absolute Gasteiger partial charge is 0.382 e. The Labute approximate surface area is 103 Å². The summed E-state index contributed by atoms with van der Waals surface area (Å²) in [5, 5.41) is 4.62. The molecule has 1 saturated heterocycles. The van der Waals surface area contributed by atoms with E-state index in [2.05, 4.69) is 21.7 Å². The van der Waals surface area contributed by atoms with E-state index in [4.69, 9.17) is 5.73 Å². The average molecular weight is 234 g/mol. The fourth-order valence-electron chi connectivity index (χ4n) is 3.20. The Balaban J connectivity index is 1.87. The van der Waals surface area contributed by atoms with Crippen LogP contribution in [0, 0.1) is 0 Å². The molecule has 0 aromatic carbocycles. The van der Waals surface area contributed by atoms with Gasteiger partial charge in [0.2, 0.25) is 0 Å². The van der Waals surface area contributed by atoms with Gasteiger partial charge in [0, 0.05) is 11.3 Å². The predicted octanol–water partition coefficient (Wildman–Crippen LogP) is 1.61. The number of piperidine rings is 1.